The second-order valence-corrected chi connectivity index (χ2v) is 6.20. The summed E-state index contributed by atoms with van der Waals surface area (Å²) in [5.41, 5.74) is 0. The first-order chi connectivity index (χ1) is 10.3. The average Bonchev–Trinajstić information content (AvgIpc) is 2.57. The zero-order valence-corrected chi connectivity index (χ0v) is 12.9. The van der Waals surface area contributed by atoms with Gasteiger partial charge in [-0.25, -0.2) is 9.97 Å². The third-order valence-electron chi connectivity index (χ3n) is 4.77. The fourth-order valence-corrected chi connectivity index (χ4v) is 3.41. The molecule has 5 heteroatoms. The number of ether oxygens (including phenoxy) is 1. The molecule has 1 aromatic rings. The van der Waals surface area contributed by atoms with E-state index in [0.29, 0.717) is 12.1 Å². The largest absolute Gasteiger partial charge is 0.377 e. The predicted octanol–water partition coefficient (Wildman–Crippen LogP) is 1.95. The average molecular weight is 290 g/mol. The minimum Gasteiger partial charge on any atom is -0.377 e. The van der Waals surface area contributed by atoms with Crippen molar-refractivity contribution in [2.45, 2.75) is 44.2 Å². The molecule has 0 N–H and O–H groups in total. The van der Waals surface area contributed by atoms with Crippen LogP contribution in [0.5, 0.6) is 0 Å². The standard InChI is InChI=1S/C16H26N4O/c1-19(16-5-8-17-13-18-16)14-6-9-20(10-7-14)12-15-4-2-3-11-21-15/h5,8,13-15H,2-4,6-7,9-12H2,1H3. The second-order valence-electron chi connectivity index (χ2n) is 6.20. The molecule has 1 unspecified atom stereocenters. The van der Waals surface area contributed by atoms with E-state index in [1.54, 1.807) is 6.33 Å². The minimum atomic E-state index is 0.467. The third kappa shape index (κ3) is 3.92. The van der Waals surface area contributed by atoms with Gasteiger partial charge in [-0.1, -0.05) is 0 Å². The maximum Gasteiger partial charge on any atom is 0.131 e. The van der Waals surface area contributed by atoms with Crippen molar-refractivity contribution in [1.82, 2.24) is 14.9 Å². The molecule has 1 atom stereocenters. The lowest BCUT2D eigenvalue weighted by atomic mass is 10.0. The van der Waals surface area contributed by atoms with E-state index in [4.69, 9.17) is 4.74 Å². The summed E-state index contributed by atoms with van der Waals surface area (Å²) in [6, 6.07) is 2.57. The highest BCUT2D eigenvalue weighted by atomic mass is 16.5. The van der Waals surface area contributed by atoms with Crippen molar-refractivity contribution in [3.63, 3.8) is 0 Å². The molecule has 2 aliphatic heterocycles. The molecule has 0 aromatic carbocycles. The molecule has 0 spiro atoms. The molecule has 3 rings (SSSR count). The SMILES string of the molecule is CN(c1ccncn1)C1CCN(CC2CCCCO2)CC1. The van der Waals surface area contributed by atoms with E-state index in [9.17, 15) is 0 Å². The zero-order chi connectivity index (χ0) is 14.5. The van der Waals surface area contributed by atoms with Gasteiger partial charge in [0.15, 0.2) is 0 Å². The van der Waals surface area contributed by atoms with Crippen LogP contribution in [0, 0.1) is 0 Å². The van der Waals surface area contributed by atoms with Crippen molar-refractivity contribution in [1.29, 1.82) is 0 Å². The van der Waals surface area contributed by atoms with E-state index < -0.39 is 0 Å². The van der Waals surface area contributed by atoms with E-state index in [1.807, 2.05) is 12.3 Å². The van der Waals surface area contributed by atoms with Crippen molar-refractivity contribution in [2.75, 3.05) is 38.2 Å². The Morgan fingerprint density at radius 1 is 1.29 bits per heavy atom. The van der Waals surface area contributed by atoms with E-state index in [1.165, 1.54) is 45.2 Å². The van der Waals surface area contributed by atoms with Crippen LogP contribution in [0.4, 0.5) is 5.82 Å². The molecule has 1 aromatic heterocycles. The highest BCUT2D eigenvalue weighted by Gasteiger charge is 2.25. The lowest BCUT2D eigenvalue weighted by molar-refractivity contribution is -0.00943. The number of likely N-dealkylation sites (tertiary alicyclic amines) is 1. The van der Waals surface area contributed by atoms with Gasteiger partial charge in [-0.3, -0.25) is 0 Å². The number of anilines is 1. The Morgan fingerprint density at radius 3 is 2.81 bits per heavy atom. The van der Waals surface area contributed by atoms with Crippen LogP contribution < -0.4 is 4.90 Å². The first-order valence-corrected chi connectivity index (χ1v) is 8.16. The fraction of sp³-hybridized carbons (Fsp3) is 0.750. The van der Waals surface area contributed by atoms with Gasteiger partial charge in [-0.15, -0.1) is 0 Å². The Morgan fingerprint density at radius 2 is 2.14 bits per heavy atom. The first kappa shape index (κ1) is 14.7. The third-order valence-corrected chi connectivity index (χ3v) is 4.77. The summed E-state index contributed by atoms with van der Waals surface area (Å²) >= 11 is 0. The van der Waals surface area contributed by atoms with Crippen LogP contribution in [0.3, 0.4) is 0 Å². The normalized spacial score (nSPS) is 24.9. The summed E-state index contributed by atoms with van der Waals surface area (Å²) in [6.45, 7) is 4.40. The molecule has 2 fully saturated rings. The van der Waals surface area contributed by atoms with E-state index >= 15 is 0 Å². The van der Waals surface area contributed by atoms with Crippen molar-refractivity contribution in [3.8, 4) is 0 Å². The first-order valence-electron chi connectivity index (χ1n) is 8.16. The van der Waals surface area contributed by atoms with Crippen molar-refractivity contribution >= 4 is 5.82 Å². The number of hydrogen-bond acceptors (Lipinski definition) is 5. The summed E-state index contributed by atoms with van der Waals surface area (Å²) in [4.78, 5) is 13.2. The molecule has 116 valence electrons. The van der Waals surface area contributed by atoms with Crippen LogP contribution in [0.15, 0.2) is 18.6 Å². The number of rotatable bonds is 4. The van der Waals surface area contributed by atoms with E-state index in [-0.39, 0.29) is 0 Å². The number of nitrogens with zero attached hydrogens (tertiary/aromatic N) is 4. The summed E-state index contributed by atoms with van der Waals surface area (Å²) in [5, 5.41) is 0. The van der Waals surface area contributed by atoms with Crippen LogP contribution in [0.1, 0.15) is 32.1 Å². The Hall–Kier alpha value is -1.20. The van der Waals surface area contributed by atoms with Gasteiger partial charge in [-0.05, 0) is 38.2 Å². The van der Waals surface area contributed by atoms with Crippen LogP contribution in [0.25, 0.3) is 0 Å². The van der Waals surface area contributed by atoms with Crippen LogP contribution >= 0.6 is 0 Å². The van der Waals surface area contributed by atoms with Crippen LogP contribution in [-0.2, 0) is 4.74 Å². The molecule has 0 radical (unpaired) electrons. The molecule has 21 heavy (non-hydrogen) atoms. The van der Waals surface area contributed by atoms with Crippen LogP contribution in [0.2, 0.25) is 0 Å². The van der Waals surface area contributed by atoms with Crippen LogP contribution in [-0.4, -0.2) is 60.3 Å². The molecule has 2 aliphatic rings. The minimum absolute atomic E-state index is 0.467. The summed E-state index contributed by atoms with van der Waals surface area (Å²) in [6.07, 6.45) is 10.1. The van der Waals surface area contributed by atoms with Gasteiger partial charge < -0.3 is 14.5 Å². The molecular weight excluding hydrogens is 264 g/mol. The highest BCUT2D eigenvalue weighted by molar-refractivity contribution is 5.36. The topological polar surface area (TPSA) is 41.5 Å². The maximum absolute atomic E-state index is 5.86. The molecule has 2 saturated heterocycles. The number of piperidine rings is 1. The monoisotopic (exact) mass is 290 g/mol. The lowest BCUT2D eigenvalue weighted by Crippen LogP contribution is -2.46. The van der Waals surface area contributed by atoms with Gasteiger partial charge in [0.05, 0.1) is 6.10 Å². The number of aromatic nitrogens is 2. The molecule has 0 bridgehead atoms. The molecule has 0 saturated carbocycles. The van der Waals surface area contributed by atoms with Gasteiger partial charge in [0.2, 0.25) is 0 Å². The maximum atomic E-state index is 5.86. The molecule has 3 heterocycles. The van der Waals surface area contributed by atoms with Crippen molar-refractivity contribution in [3.05, 3.63) is 18.6 Å². The smallest absolute Gasteiger partial charge is 0.131 e. The highest BCUT2D eigenvalue weighted by Crippen LogP contribution is 2.21. The fourth-order valence-electron chi connectivity index (χ4n) is 3.41. The van der Waals surface area contributed by atoms with Gasteiger partial charge in [0, 0.05) is 45.5 Å². The predicted molar refractivity (Wildman–Crippen MR) is 83.5 cm³/mol. The Balaban J connectivity index is 1.46. The zero-order valence-electron chi connectivity index (χ0n) is 12.9. The van der Waals surface area contributed by atoms with Crippen molar-refractivity contribution < 1.29 is 4.74 Å². The lowest BCUT2D eigenvalue weighted by Gasteiger charge is -2.38. The van der Waals surface area contributed by atoms with Gasteiger partial charge in [0.25, 0.3) is 0 Å². The van der Waals surface area contributed by atoms with Crippen molar-refractivity contribution in [2.24, 2.45) is 0 Å². The van der Waals surface area contributed by atoms with Gasteiger partial charge in [-0.2, -0.15) is 0 Å². The van der Waals surface area contributed by atoms with E-state index in [0.717, 1.165) is 19.0 Å². The van der Waals surface area contributed by atoms with E-state index in [2.05, 4.69) is 26.8 Å². The molecule has 0 amide bonds. The summed E-state index contributed by atoms with van der Waals surface area (Å²) in [5.74, 6) is 1.03. The molecule has 5 nitrogen and oxygen atoms in total. The molecular formula is C16H26N4O. The summed E-state index contributed by atoms with van der Waals surface area (Å²) in [7, 11) is 2.15. The quantitative estimate of drug-likeness (QED) is 0.848. The van der Waals surface area contributed by atoms with Gasteiger partial charge in [0.1, 0.15) is 12.1 Å². The Bertz CT molecular complexity index is 414. The number of hydrogen-bond donors (Lipinski definition) is 0. The second kappa shape index (κ2) is 7.18. The van der Waals surface area contributed by atoms with Gasteiger partial charge >= 0.3 is 0 Å². The Kier molecular flexibility index (Phi) is 5.04. The Labute approximate surface area is 127 Å². The summed E-state index contributed by atoms with van der Waals surface area (Å²) < 4.78 is 5.86. The molecule has 0 aliphatic carbocycles.